The van der Waals surface area contributed by atoms with Crippen LogP contribution in [0, 0.1) is 6.92 Å². The Kier molecular flexibility index (Phi) is 5.42. The van der Waals surface area contributed by atoms with Crippen molar-refractivity contribution in [1.29, 1.82) is 0 Å². The lowest BCUT2D eigenvalue weighted by molar-refractivity contribution is 0.102. The van der Waals surface area contributed by atoms with Gasteiger partial charge < -0.3 is 5.32 Å². The molecule has 0 aliphatic heterocycles. The van der Waals surface area contributed by atoms with Crippen LogP contribution in [0.3, 0.4) is 0 Å². The van der Waals surface area contributed by atoms with Gasteiger partial charge in [0.15, 0.2) is 5.65 Å². The van der Waals surface area contributed by atoms with Crippen LogP contribution in [-0.4, -0.2) is 35.4 Å². The van der Waals surface area contributed by atoms with E-state index in [4.69, 9.17) is 0 Å². The molecule has 3 aromatic carbocycles. The third kappa shape index (κ3) is 4.19. The predicted molar refractivity (Wildman–Crippen MR) is 141 cm³/mol. The molecule has 3 aromatic heterocycles. The molecule has 0 unspecified atom stereocenters. The van der Waals surface area contributed by atoms with E-state index in [1.807, 2.05) is 72.8 Å². The maximum absolute atomic E-state index is 13.1. The number of para-hydroxylation sites is 1. The van der Waals surface area contributed by atoms with E-state index in [1.165, 1.54) is 10.9 Å². The molecule has 1 amide bonds. The second-order valence-electron chi connectivity index (χ2n) is 8.50. The Hall–Kier alpha value is -5.31. The molecule has 9 heteroatoms. The number of hydrogen-bond donors (Lipinski definition) is 2. The number of nitrogens with zero attached hydrogens (tertiary/aromatic N) is 5. The maximum atomic E-state index is 13.1. The molecule has 0 radical (unpaired) electrons. The van der Waals surface area contributed by atoms with Crippen LogP contribution in [-0.2, 0) is 0 Å². The van der Waals surface area contributed by atoms with E-state index in [-0.39, 0.29) is 17.4 Å². The average molecular weight is 488 g/mol. The van der Waals surface area contributed by atoms with E-state index in [2.05, 4.69) is 25.5 Å². The molecule has 6 aromatic rings. The van der Waals surface area contributed by atoms with Gasteiger partial charge >= 0.3 is 0 Å². The highest BCUT2D eigenvalue weighted by atomic mass is 16.2. The number of hydrogen-bond acceptors (Lipinski definition) is 5. The standard InChI is InChI=1S/C28H21N7O2/c1-18-16-24(30-26(36)21-14-12-20(13-15-21)19-8-4-2-5-9-19)35(33-18)28-31-25-23(27(37)32-28)17-29-34(25)22-10-6-3-7-11-22/h2-17H,1H3,(H,30,36)(H,31,32,37). The van der Waals surface area contributed by atoms with Crippen molar-refractivity contribution in [3.05, 3.63) is 119 Å². The van der Waals surface area contributed by atoms with E-state index < -0.39 is 0 Å². The molecule has 0 fully saturated rings. The number of carbonyl (C=O) groups excluding carboxylic acids is 1. The highest BCUT2D eigenvalue weighted by Crippen LogP contribution is 2.21. The first-order chi connectivity index (χ1) is 18.1. The van der Waals surface area contributed by atoms with E-state index in [9.17, 15) is 9.59 Å². The number of nitrogens with one attached hydrogen (secondary N) is 2. The topological polar surface area (TPSA) is 110 Å². The maximum Gasteiger partial charge on any atom is 0.263 e. The number of aromatic nitrogens is 6. The largest absolute Gasteiger partial charge is 0.306 e. The molecule has 6 rings (SSSR count). The molecule has 2 N–H and O–H groups in total. The summed E-state index contributed by atoms with van der Waals surface area (Å²) in [6, 6.07) is 28.4. The Balaban J connectivity index is 1.34. The average Bonchev–Trinajstić information content (AvgIpc) is 3.53. The predicted octanol–water partition coefficient (Wildman–Crippen LogP) is 4.52. The third-order valence-electron chi connectivity index (χ3n) is 5.95. The van der Waals surface area contributed by atoms with Crippen molar-refractivity contribution in [2.45, 2.75) is 6.92 Å². The van der Waals surface area contributed by atoms with Gasteiger partial charge in [-0.25, -0.2) is 4.68 Å². The summed E-state index contributed by atoms with van der Waals surface area (Å²) in [5, 5.41) is 12.0. The summed E-state index contributed by atoms with van der Waals surface area (Å²) in [7, 11) is 0. The monoisotopic (exact) mass is 487 g/mol. The molecule has 9 nitrogen and oxygen atoms in total. The first-order valence-electron chi connectivity index (χ1n) is 11.6. The molecule has 0 aliphatic carbocycles. The molecular formula is C28H21N7O2. The second-order valence-corrected chi connectivity index (χ2v) is 8.50. The fraction of sp³-hybridized carbons (Fsp3) is 0.0357. The quantitative estimate of drug-likeness (QED) is 0.371. The number of benzene rings is 3. The van der Waals surface area contributed by atoms with Crippen LogP contribution in [0.25, 0.3) is 33.8 Å². The van der Waals surface area contributed by atoms with Crippen molar-refractivity contribution in [2.75, 3.05) is 5.32 Å². The molecule has 0 atom stereocenters. The van der Waals surface area contributed by atoms with Gasteiger partial charge in [-0.05, 0) is 42.3 Å². The van der Waals surface area contributed by atoms with Crippen LogP contribution in [0.15, 0.2) is 102 Å². The zero-order valence-corrected chi connectivity index (χ0v) is 19.8. The second kappa shape index (κ2) is 9.04. The van der Waals surface area contributed by atoms with Crippen LogP contribution in [0.5, 0.6) is 0 Å². The van der Waals surface area contributed by atoms with Crippen molar-refractivity contribution in [1.82, 2.24) is 29.5 Å². The number of carbonyl (C=O) groups is 1. The molecule has 0 aliphatic rings. The van der Waals surface area contributed by atoms with Crippen LogP contribution in [0.2, 0.25) is 0 Å². The van der Waals surface area contributed by atoms with Crippen molar-refractivity contribution < 1.29 is 4.79 Å². The number of rotatable bonds is 5. The number of amides is 1. The number of H-pyrrole nitrogens is 1. The number of fused-ring (bicyclic) bond motifs is 1. The van der Waals surface area contributed by atoms with E-state index in [0.717, 1.165) is 16.8 Å². The lowest BCUT2D eigenvalue weighted by Crippen LogP contribution is -2.19. The fourth-order valence-corrected chi connectivity index (χ4v) is 4.15. The minimum absolute atomic E-state index is 0.165. The van der Waals surface area contributed by atoms with E-state index in [0.29, 0.717) is 28.1 Å². The van der Waals surface area contributed by atoms with Gasteiger partial charge in [0, 0.05) is 11.6 Å². The third-order valence-corrected chi connectivity index (χ3v) is 5.95. The van der Waals surface area contributed by atoms with E-state index in [1.54, 1.807) is 29.8 Å². The smallest absolute Gasteiger partial charge is 0.263 e. The molecule has 180 valence electrons. The van der Waals surface area contributed by atoms with Crippen LogP contribution in [0.1, 0.15) is 16.1 Å². The highest BCUT2D eigenvalue weighted by Gasteiger charge is 2.17. The van der Waals surface area contributed by atoms with Gasteiger partial charge in [-0.15, -0.1) is 0 Å². The van der Waals surface area contributed by atoms with Crippen LogP contribution < -0.4 is 10.9 Å². The van der Waals surface area contributed by atoms with Crippen molar-refractivity contribution in [3.63, 3.8) is 0 Å². The lowest BCUT2D eigenvalue weighted by atomic mass is 10.0. The van der Waals surface area contributed by atoms with Crippen LogP contribution >= 0.6 is 0 Å². The minimum Gasteiger partial charge on any atom is -0.306 e. The molecule has 0 spiro atoms. The first kappa shape index (κ1) is 22.2. The van der Waals surface area contributed by atoms with Crippen molar-refractivity contribution in [3.8, 4) is 22.8 Å². The Morgan fingerprint density at radius 1 is 0.865 bits per heavy atom. The molecular weight excluding hydrogens is 466 g/mol. The summed E-state index contributed by atoms with van der Waals surface area (Å²) >= 11 is 0. The summed E-state index contributed by atoms with van der Waals surface area (Å²) in [5.74, 6) is 0.236. The van der Waals surface area contributed by atoms with Gasteiger partial charge in [0.2, 0.25) is 5.95 Å². The summed E-state index contributed by atoms with van der Waals surface area (Å²) < 4.78 is 3.01. The highest BCUT2D eigenvalue weighted by molar-refractivity contribution is 6.04. The Labute approximate surface area is 211 Å². The van der Waals surface area contributed by atoms with Crippen molar-refractivity contribution >= 4 is 22.8 Å². The normalized spacial score (nSPS) is 11.1. The van der Waals surface area contributed by atoms with Gasteiger partial charge in [0.1, 0.15) is 11.2 Å². The van der Waals surface area contributed by atoms with Gasteiger partial charge in [-0.3, -0.25) is 14.6 Å². The van der Waals surface area contributed by atoms with Crippen LogP contribution in [0.4, 0.5) is 5.82 Å². The molecule has 0 saturated carbocycles. The molecule has 37 heavy (non-hydrogen) atoms. The minimum atomic E-state index is -0.357. The fourth-order valence-electron chi connectivity index (χ4n) is 4.15. The number of anilines is 1. The molecule has 0 saturated heterocycles. The van der Waals surface area contributed by atoms with Crippen molar-refractivity contribution in [2.24, 2.45) is 0 Å². The van der Waals surface area contributed by atoms with Gasteiger partial charge in [0.05, 0.1) is 17.6 Å². The summed E-state index contributed by atoms with van der Waals surface area (Å²) in [6.07, 6.45) is 1.48. The Morgan fingerprint density at radius 3 is 2.27 bits per heavy atom. The zero-order chi connectivity index (χ0) is 25.4. The van der Waals surface area contributed by atoms with Gasteiger partial charge in [0.25, 0.3) is 11.5 Å². The number of aryl methyl sites for hydroxylation is 1. The molecule has 3 heterocycles. The SMILES string of the molecule is Cc1cc(NC(=O)c2ccc(-c3ccccc3)cc2)n(-c2nc3c(cnn3-c3ccccc3)c(=O)[nH]2)n1. The lowest BCUT2D eigenvalue weighted by Gasteiger charge is -2.09. The van der Waals surface area contributed by atoms with E-state index >= 15 is 0 Å². The Morgan fingerprint density at radius 2 is 1.54 bits per heavy atom. The number of aromatic amines is 1. The first-order valence-corrected chi connectivity index (χ1v) is 11.6. The Bertz CT molecular complexity index is 1780. The van der Waals surface area contributed by atoms with Gasteiger partial charge in [-0.2, -0.15) is 19.9 Å². The summed E-state index contributed by atoms with van der Waals surface area (Å²) in [4.78, 5) is 33.3. The summed E-state index contributed by atoms with van der Waals surface area (Å²) in [5.41, 5.74) is 4.02. The molecule has 0 bridgehead atoms. The van der Waals surface area contributed by atoms with Gasteiger partial charge in [-0.1, -0.05) is 60.7 Å². The summed E-state index contributed by atoms with van der Waals surface area (Å²) in [6.45, 7) is 1.80. The zero-order valence-electron chi connectivity index (χ0n) is 19.8.